The van der Waals surface area contributed by atoms with Gasteiger partial charge in [-0.05, 0) is 17.7 Å². The number of aldehydes is 1. The lowest BCUT2D eigenvalue weighted by Gasteiger charge is -2.06. The lowest BCUT2D eigenvalue weighted by molar-refractivity contribution is -0.384. The third-order valence-electron chi connectivity index (χ3n) is 3.28. The van der Waals surface area contributed by atoms with Gasteiger partial charge >= 0.3 is 0 Å². The van der Waals surface area contributed by atoms with E-state index < -0.39 is 4.92 Å². The van der Waals surface area contributed by atoms with Crippen molar-refractivity contribution in [3.63, 3.8) is 0 Å². The third-order valence-corrected chi connectivity index (χ3v) is 3.28. The van der Waals surface area contributed by atoms with Gasteiger partial charge in [0.25, 0.3) is 5.69 Å². The van der Waals surface area contributed by atoms with Crippen LogP contribution in [0.15, 0.2) is 48.5 Å². The van der Waals surface area contributed by atoms with Crippen LogP contribution in [0.25, 0.3) is 11.0 Å². The highest BCUT2D eigenvalue weighted by atomic mass is 16.6. The van der Waals surface area contributed by atoms with E-state index in [9.17, 15) is 14.9 Å². The van der Waals surface area contributed by atoms with E-state index in [1.807, 2.05) is 24.3 Å². The molecule has 0 N–H and O–H groups in total. The Morgan fingerprint density at radius 1 is 1.14 bits per heavy atom. The van der Waals surface area contributed by atoms with Gasteiger partial charge in [0.1, 0.15) is 0 Å². The lowest BCUT2D eigenvalue weighted by Crippen LogP contribution is -2.04. The Labute approximate surface area is 119 Å². The van der Waals surface area contributed by atoms with Crippen LogP contribution in [-0.2, 0) is 6.54 Å². The topological polar surface area (TPSA) is 78.0 Å². The molecule has 2 aromatic carbocycles. The van der Waals surface area contributed by atoms with E-state index in [0.29, 0.717) is 18.7 Å². The Morgan fingerprint density at radius 2 is 1.86 bits per heavy atom. The third kappa shape index (κ3) is 2.38. The zero-order chi connectivity index (χ0) is 14.8. The van der Waals surface area contributed by atoms with Crippen molar-refractivity contribution in [3.05, 3.63) is 70.0 Å². The van der Waals surface area contributed by atoms with E-state index in [2.05, 4.69) is 4.98 Å². The second kappa shape index (κ2) is 5.16. The first-order chi connectivity index (χ1) is 10.2. The first kappa shape index (κ1) is 13.0. The van der Waals surface area contributed by atoms with Crippen LogP contribution in [0.5, 0.6) is 0 Å². The molecule has 6 nitrogen and oxygen atoms in total. The summed E-state index contributed by atoms with van der Waals surface area (Å²) < 4.78 is 1.80. The van der Waals surface area contributed by atoms with Crippen LogP contribution in [0.2, 0.25) is 0 Å². The van der Waals surface area contributed by atoms with Gasteiger partial charge in [-0.2, -0.15) is 0 Å². The van der Waals surface area contributed by atoms with E-state index in [0.717, 1.165) is 16.6 Å². The highest BCUT2D eigenvalue weighted by Gasteiger charge is 2.11. The predicted octanol–water partition coefficient (Wildman–Crippen LogP) is 2.81. The van der Waals surface area contributed by atoms with Gasteiger partial charge in [0.05, 0.1) is 16.0 Å². The van der Waals surface area contributed by atoms with Crippen molar-refractivity contribution in [2.24, 2.45) is 0 Å². The number of hydrogen-bond donors (Lipinski definition) is 0. The van der Waals surface area contributed by atoms with Crippen molar-refractivity contribution in [1.29, 1.82) is 0 Å². The van der Waals surface area contributed by atoms with Crippen molar-refractivity contribution in [2.45, 2.75) is 6.54 Å². The molecule has 0 bridgehead atoms. The zero-order valence-corrected chi connectivity index (χ0v) is 11.0. The summed E-state index contributed by atoms with van der Waals surface area (Å²) in [6.07, 6.45) is 0.714. The molecule has 6 heteroatoms. The quantitative estimate of drug-likeness (QED) is 0.418. The molecule has 104 valence electrons. The Morgan fingerprint density at radius 3 is 2.52 bits per heavy atom. The number of non-ortho nitro benzene ring substituents is 1. The largest absolute Gasteiger partial charge is 0.317 e. The van der Waals surface area contributed by atoms with E-state index >= 15 is 0 Å². The summed E-state index contributed by atoms with van der Waals surface area (Å²) in [4.78, 5) is 25.6. The summed E-state index contributed by atoms with van der Waals surface area (Å²) in [6, 6.07) is 13.7. The molecule has 0 aliphatic carbocycles. The molecule has 0 amide bonds. The normalized spacial score (nSPS) is 10.7. The molecular formula is C15H11N3O3. The Bertz CT molecular complexity index is 822. The molecule has 0 atom stereocenters. The van der Waals surface area contributed by atoms with E-state index in [-0.39, 0.29) is 5.69 Å². The fourth-order valence-electron chi connectivity index (χ4n) is 2.26. The lowest BCUT2D eigenvalue weighted by atomic mass is 10.2. The monoisotopic (exact) mass is 281 g/mol. The molecule has 0 radical (unpaired) electrons. The van der Waals surface area contributed by atoms with Crippen LogP contribution in [-0.4, -0.2) is 20.8 Å². The fourth-order valence-corrected chi connectivity index (χ4v) is 2.26. The summed E-state index contributed by atoms with van der Waals surface area (Å²) in [7, 11) is 0. The van der Waals surface area contributed by atoms with Crippen LogP contribution in [0, 0.1) is 10.1 Å². The zero-order valence-electron chi connectivity index (χ0n) is 11.0. The number of nitro groups is 1. The highest BCUT2D eigenvalue weighted by Crippen LogP contribution is 2.18. The van der Waals surface area contributed by atoms with Crippen LogP contribution in [0.4, 0.5) is 5.69 Å². The van der Waals surface area contributed by atoms with Crippen molar-refractivity contribution in [2.75, 3.05) is 0 Å². The summed E-state index contributed by atoms with van der Waals surface area (Å²) in [5.74, 6) is 0.342. The summed E-state index contributed by atoms with van der Waals surface area (Å²) in [5.41, 5.74) is 2.52. The fraction of sp³-hybridized carbons (Fsp3) is 0.0667. The molecule has 0 fully saturated rings. The molecule has 21 heavy (non-hydrogen) atoms. The van der Waals surface area contributed by atoms with Crippen molar-refractivity contribution in [1.82, 2.24) is 9.55 Å². The minimum absolute atomic E-state index is 0.0462. The molecule has 0 aliphatic rings. The average molecular weight is 281 g/mol. The number of nitrogens with zero attached hydrogens (tertiary/aromatic N) is 3. The van der Waals surface area contributed by atoms with Gasteiger partial charge in [0.2, 0.25) is 0 Å². The number of fused-ring (bicyclic) bond motifs is 1. The average Bonchev–Trinajstić information content (AvgIpc) is 2.86. The molecule has 0 saturated carbocycles. The van der Waals surface area contributed by atoms with Gasteiger partial charge in [-0.15, -0.1) is 0 Å². The molecule has 0 unspecified atom stereocenters. The minimum atomic E-state index is -0.437. The van der Waals surface area contributed by atoms with Crippen LogP contribution in [0.3, 0.4) is 0 Å². The van der Waals surface area contributed by atoms with Gasteiger partial charge < -0.3 is 4.57 Å². The summed E-state index contributed by atoms with van der Waals surface area (Å²) in [6.45, 7) is 0.437. The van der Waals surface area contributed by atoms with Gasteiger partial charge in [0.15, 0.2) is 12.1 Å². The van der Waals surface area contributed by atoms with Gasteiger partial charge in [0, 0.05) is 18.7 Å². The number of imidazole rings is 1. The first-order valence-corrected chi connectivity index (χ1v) is 6.33. The SMILES string of the molecule is O=Cc1nc2ccccc2n1Cc1ccc([N+](=O)[O-])cc1. The Kier molecular flexibility index (Phi) is 3.19. The first-order valence-electron chi connectivity index (χ1n) is 6.33. The van der Waals surface area contributed by atoms with Crippen molar-refractivity contribution in [3.8, 4) is 0 Å². The second-order valence-electron chi connectivity index (χ2n) is 4.59. The highest BCUT2D eigenvalue weighted by molar-refractivity contribution is 5.83. The van der Waals surface area contributed by atoms with Crippen LogP contribution < -0.4 is 0 Å². The Hall–Kier alpha value is -3.02. The maximum absolute atomic E-state index is 11.2. The number of aromatic nitrogens is 2. The number of hydrogen-bond acceptors (Lipinski definition) is 4. The number of para-hydroxylation sites is 2. The second-order valence-corrected chi connectivity index (χ2v) is 4.59. The molecule has 1 heterocycles. The number of carbonyl (C=O) groups excluding carboxylic acids is 1. The molecule has 0 spiro atoms. The molecule has 1 aromatic heterocycles. The van der Waals surface area contributed by atoms with Crippen LogP contribution >= 0.6 is 0 Å². The number of nitro benzene ring substituents is 1. The number of rotatable bonds is 4. The molecule has 3 aromatic rings. The van der Waals surface area contributed by atoms with Crippen LogP contribution in [0.1, 0.15) is 16.2 Å². The molecular weight excluding hydrogens is 270 g/mol. The van der Waals surface area contributed by atoms with Gasteiger partial charge in [-0.1, -0.05) is 24.3 Å². The van der Waals surface area contributed by atoms with Crippen molar-refractivity contribution >= 4 is 23.0 Å². The predicted molar refractivity (Wildman–Crippen MR) is 77.3 cm³/mol. The van der Waals surface area contributed by atoms with Crippen molar-refractivity contribution < 1.29 is 9.72 Å². The van der Waals surface area contributed by atoms with E-state index in [1.165, 1.54) is 12.1 Å². The number of carbonyl (C=O) groups is 1. The van der Waals surface area contributed by atoms with Gasteiger partial charge in [-0.3, -0.25) is 14.9 Å². The van der Waals surface area contributed by atoms with E-state index in [4.69, 9.17) is 0 Å². The summed E-state index contributed by atoms with van der Waals surface area (Å²) >= 11 is 0. The standard InChI is InChI=1S/C15H11N3O3/c19-10-15-16-13-3-1-2-4-14(13)17(15)9-11-5-7-12(8-6-11)18(20)21/h1-8,10H,9H2. The smallest absolute Gasteiger partial charge is 0.269 e. The molecule has 3 rings (SSSR count). The molecule has 0 aliphatic heterocycles. The summed E-state index contributed by atoms with van der Waals surface area (Å²) in [5, 5.41) is 10.6. The maximum Gasteiger partial charge on any atom is 0.269 e. The Balaban J connectivity index is 2.01. The van der Waals surface area contributed by atoms with Gasteiger partial charge in [-0.25, -0.2) is 4.98 Å². The molecule has 0 saturated heterocycles. The van der Waals surface area contributed by atoms with E-state index in [1.54, 1.807) is 16.7 Å². The number of benzene rings is 2. The minimum Gasteiger partial charge on any atom is -0.317 e. The maximum atomic E-state index is 11.2.